The summed E-state index contributed by atoms with van der Waals surface area (Å²) in [5.41, 5.74) is 3.50. The fourth-order valence-electron chi connectivity index (χ4n) is 3.93. The predicted molar refractivity (Wildman–Crippen MR) is 133 cm³/mol. The van der Waals surface area contributed by atoms with Crippen molar-refractivity contribution in [1.29, 1.82) is 0 Å². The minimum atomic E-state index is -3.97. The Bertz CT molecular complexity index is 1310. The molecular formula is C26H26ClNO5S. The molecule has 0 aliphatic rings. The van der Waals surface area contributed by atoms with Gasteiger partial charge in [0.1, 0.15) is 0 Å². The monoisotopic (exact) mass is 499 g/mol. The average Bonchev–Trinajstić information content (AvgIpc) is 2.78. The molecule has 0 unspecified atom stereocenters. The zero-order chi connectivity index (χ0) is 25.0. The second kappa shape index (κ2) is 10.4. The van der Waals surface area contributed by atoms with E-state index >= 15 is 0 Å². The normalized spacial score (nSPS) is 11.2. The Hall–Kier alpha value is -3.16. The van der Waals surface area contributed by atoms with Crippen LogP contribution in [0, 0.1) is 20.8 Å². The summed E-state index contributed by atoms with van der Waals surface area (Å²) in [7, 11) is -3.97. The van der Waals surface area contributed by atoms with Gasteiger partial charge in [-0.15, -0.1) is 0 Å². The highest BCUT2D eigenvalue weighted by Gasteiger charge is 2.26. The molecule has 3 aromatic rings. The quantitative estimate of drug-likeness (QED) is 0.301. The van der Waals surface area contributed by atoms with Gasteiger partial charge in [-0.1, -0.05) is 47.5 Å². The van der Waals surface area contributed by atoms with Crippen molar-refractivity contribution in [3.63, 3.8) is 0 Å². The number of aryl methyl sites for hydroxylation is 3. The first kappa shape index (κ1) is 25.5. The topological polar surface area (TPSA) is 80.8 Å². The fourth-order valence-corrected chi connectivity index (χ4v) is 5.63. The molecule has 0 fully saturated rings. The van der Waals surface area contributed by atoms with Crippen LogP contribution in [0.3, 0.4) is 0 Å². The third kappa shape index (κ3) is 5.32. The first-order valence-corrected chi connectivity index (χ1v) is 12.5. The number of esters is 1. The van der Waals surface area contributed by atoms with E-state index in [0.29, 0.717) is 11.3 Å². The second-order valence-electron chi connectivity index (χ2n) is 7.92. The SMILES string of the molecule is CCN(c1ccccc1)S(=O)(=O)c1ccc(Cl)c(C(=O)OCC(=O)c2c(C)cc(C)cc2C)c1. The summed E-state index contributed by atoms with van der Waals surface area (Å²) in [6.45, 7) is 7.02. The lowest BCUT2D eigenvalue weighted by Gasteiger charge is -2.23. The minimum absolute atomic E-state index is 0.0295. The number of ketones is 1. The van der Waals surface area contributed by atoms with Crippen LogP contribution in [0.25, 0.3) is 0 Å². The van der Waals surface area contributed by atoms with Crippen molar-refractivity contribution in [2.75, 3.05) is 17.5 Å². The van der Waals surface area contributed by atoms with Crippen molar-refractivity contribution in [3.05, 3.63) is 93.5 Å². The molecule has 0 aliphatic carbocycles. The minimum Gasteiger partial charge on any atom is -0.454 e. The number of carbonyl (C=O) groups is 2. The third-order valence-electron chi connectivity index (χ3n) is 5.37. The van der Waals surface area contributed by atoms with Crippen LogP contribution in [0.1, 0.15) is 44.3 Å². The fraction of sp³-hybridized carbons (Fsp3) is 0.231. The highest BCUT2D eigenvalue weighted by Crippen LogP contribution is 2.27. The number of hydrogen-bond donors (Lipinski definition) is 0. The van der Waals surface area contributed by atoms with Crippen LogP contribution in [-0.2, 0) is 14.8 Å². The Kier molecular flexibility index (Phi) is 7.79. The van der Waals surface area contributed by atoms with Gasteiger partial charge >= 0.3 is 5.97 Å². The first-order chi connectivity index (χ1) is 16.1. The van der Waals surface area contributed by atoms with E-state index in [-0.39, 0.29) is 27.8 Å². The number of anilines is 1. The van der Waals surface area contributed by atoms with Gasteiger partial charge in [-0.2, -0.15) is 0 Å². The Balaban J connectivity index is 1.85. The van der Waals surface area contributed by atoms with Gasteiger partial charge in [-0.25, -0.2) is 13.2 Å². The summed E-state index contributed by atoms with van der Waals surface area (Å²) < 4.78 is 33.0. The molecule has 6 nitrogen and oxygen atoms in total. The number of carbonyl (C=O) groups excluding carboxylic acids is 2. The lowest BCUT2D eigenvalue weighted by atomic mass is 9.97. The van der Waals surface area contributed by atoms with E-state index in [2.05, 4.69) is 0 Å². The maximum absolute atomic E-state index is 13.3. The molecule has 0 amide bonds. The van der Waals surface area contributed by atoms with E-state index in [1.54, 1.807) is 37.3 Å². The van der Waals surface area contributed by atoms with Crippen LogP contribution in [-0.4, -0.2) is 33.3 Å². The van der Waals surface area contributed by atoms with Crippen LogP contribution in [0.4, 0.5) is 5.69 Å². The molecule has 178 valence electrons. The van der Waals surface area contributed by atoms with Gasteiger partial charge < -0.3 is 4.74 Å². The van der Waals surface area contributed by atoms with Gasteiger partial charge in [0, 0.05) is 12.1 Å². The molecule has 0 aromatic heterocycles. The molecule has 0 heterocycles. The lowest BCUT2D eigenvalue weighted by molar-refractivity contribution is 0.0474. The zero-order valence-corrected chi connectivity index (χ0v) is 21.0. The number of Topliss-reactive ketones (excluding diaryl/α,β-unsaturated/α-hetero) is 1. The highest BCUT2D eigenvalue weighted by atomic mass is 35.5. The number of nitrogens with zero attached hydrogens (tertiary/aromatic N) is 1. The number of hydrogen-bond acceptors (Lipinski definition) is 5. The maximum Gasteiger partial charge on any atom is 0.340 e. The Labute approximate surface area is 205 Å². The van der Waals surface area contributed by atoms with Crippen molar-refractivity contribution < 1.29 is 22.7 Å². The number of halogens is 1. The molecule has 0 saturated heterocycles. The molecule has 0 radical (unpaired) electrons. The van der Waals surface area contributed by atoms with Crippen molar-refractivity contribution in [2.45, 2.75) is 32.6 Å². The smallest absolute Gasteiger partial charge is 0.340 e. The summed E-state index contributed by atoms with van der Waals surface area (Å²) in [5.74, 6) is -1.22. The zero-order valence-electron chi connectivity index (χ0n) is 19.5. The number of ether oxygens (including phenoxy) is 1. The average molecular weight is 500 g/mol. The van der Waals surface area contributed by atoms with Crippen molar-refractivity contribution >= 4 is 39.1 Å². The summed E-state index contributed by atoms with van der Waals surface area (Å²) in [5, 5.41) is 0.0295. The van der Waals surface area contributed by atoms with Gasteiger partial charge in [0.15, 0.2) is 6.61 Å². The van der Waals surface area contributed by atoms with E-state index in [9.17, 15) is 18.0 Å². The Morgan fingerprint density at radius 3 is 2.15 bits per heavy atom. The molecule has 0 spiro atoms. The van der Waals surface area contributed by atoms with Gasteiger partial charge in [0.2, 0.25) is 5.78 Å². The molecule has 0 aliphatic heterocycles. The van der Waals surface area contributed by atoms with E-state index in [1.807, 2.05) is 32.9 Å². The second-order valence-corrected chi connectivity index (χ2v) is 10.2. The third-order valence-corrected chi connectivity index (χ3v) is 7.60. The van der Waals surface area contributed by atoms with Crippen LogP contribution in [0.15, 0.2) is 65.6 Å². The van der Waals surface area contributed by atoms with E-state index in [1.165, 1.54) is 22.5 Å². The van der Waals surface area contributed by atoms with Crippen LogP contribution >= 0.6 is 11.6 Å². The largest absolute Gasteiger partial charge is 0.454 e. The number of para-hydroxylation sites is 1. The van der Waals surface area contributed by atoms with E-state index in [0.717, 1.165) is 16.7 Å². The van der Waals surface area contributed by atoms with Gasteiger partial charge in [0.05, 0.1) is 21.2 Å². The molecular weight excluding hydrogens is 474 g/mol. The molecule has 0 N–H and O–H groups in total. The first-order valence-electron chi connectivity index (χ1n) is 10.7. The number of sulfonamides is 1. The standard InChI is InChI=1S/C26H26ClNO5S/c1-5-28(20-9-7-6-8-10-20)34(31,32)21-11-12-23(27)22(15-21)26(30)33-16-24(29)25-18(3)13-17(2)14-19(25)4/h6-15H,5,16H2,1-4H3. The molecule has 3 aromatic carbocycles. The molecule has 0 saturated carbocycles. The number of rotatable bonds is 8. The van der Waals surface area contributed by atoms with Crippen LogP contribution < -0.4 is 4.31 Å². The van der Waals surface area contributed by atoms with Gasteiger partial charge in [-0.05, 0) is 69.2 Å². The molecule has 8 heteroatoms. The van der Waals surface area contributed by atoms with Crippen molar-refractivity contribution in [1.82, 2.24) is 0 Å². The summed E-state index contributed by atoms with van der Waals surface area (Å²) in [4.78, 5) is 25.4. The van der Waals surface area contributed by atoms with Crippen LogP contribution in [0.2, 0.25) is 5.02 Å². The van der Waals surface area contributed by atoms with Crippen molar-refractivity contribution in [2.24, 2.45) is 0 Å². The van der Waals surface area contributed by atoms with E-state index < -0.39 is 22.6 Å². The van der Waals surface area contributed by atoms with E-state index in [4.69, 9.17) is 16.3 Å². The molecule has 34 heavy (non-hydrogen) atoms. The maximum atomic E-state index is 13.3. The molecule has 0 bridgehead atoms. The summed E-state index contributed by atoms with van der Waals surface area (Å²) in [6.07, 6.45) is 0. The summed E-state index contributed by atoms with van der Waals surface area (Å²) >= 11 is 6.18. The highest BCUT2D eigenvalue weighted by molar-refractivity contribution is 7.92. The van der Waals surface area contributed by atoms with Crippen LogP contribution in [0.5, 0.6) is 0 Å². The van der Waals surface area contributed by atoms with Crippen molar-refractivity contribution in [3.8, 4) is 0 Å². The number of benzene rings is 3. The van der Waals surface area contributed by atoms with Gasteiger partial charge in [-0.3, -0.25) is 9.10 Å². The Morgan fingerprint density at radius 1 is 0.941 bits per heavy atom. The lowest BCUT2D eigenvalue weighted by Crippen LogP contribution is -2.31. The predicted octanol–water partition coefficient (Wildman–Crippen LogP) is 5.52. The van der Waals surface area contributed by atoms with Gasteiger partial charge in [0.25, 0.3) is 10.0 Å². The summed E-state index contributed by atoms with van der Waals surface area (Å²) in [6, 6.07) is 16.3. The Morgan fingerprint density at radius 2 is 1.56 bits per heavy atom. The molecule has 3 rings (SSSR count). The molecule has 0 atom stereocenters.